The quantitative estimate of drug-likeness (QED) is 0.297. The van der Waals surface area contributed by atoms with Gasteiger partial charge in [-0.1, -0.05) is 72.8 Å². The van der Waals surface area contributed by atoms with E-state index in [1.54, 1.807) is 6.33 Å². The molecule has 1 aliphatic rings. The predicted octanol–water partition coefficient (Wildman–Crippen LogP) is 6.86. The lowest BCUT2D eigenvalue weighted by molar-refractivity contribution is 1.13. The van der Waals surface area contributed by atoms with Gasteiger partial charge in [0.15, 0.2) is 0 Å². The lowest BCUT2D eigenvalue weighted by Gasteiger charge is -2.08. The van der Waals surface area contributed by atoms with Gasteiger partial charge in [0.2, 0.25) is 0 Å². The van der Waals surface area contributed by atoms with Gasteiger partial charge in [-0.05, 0) is 17.7 Å². The van der Waals surface area contributed by atoms with Crippen molar-refractivity contribution in [3.63, 3.8) is 0 Å². The van der Waals surface area contributed by atoms with Gasteiger partial charge in [0.05, 0.1) is 27.9 Å². The summed E-state index contributed by atoms with van der Waals surface area (Å²) in [4.78, 5) is 9.40. The molecule has 1 aliphatic carbocycles. The van der Waals surface area contributed by atoms with Crippen LogP contribution in [0.1, 0.15) is 11.1 Å². The molecule has 4 aromatic carbocycles. The first kappa shape index (κ1) is 16.5. The molecule has 3 heterocycles. The highest BCUT2D eigenvalue weighted by Gasteiger charge is 2.24. The Morgan fingerprint density at radius 3 is 2.31 bits per heavy atom. The Morgan fingerprint density at radius 2 is 1.38 bits per heavy atom. The van der Waals surface area contributed by atoms with Crippen molar-refractivity contribution in [1.29, 1.82) is 0 Å². The third-order valence-electron chi connectivity index (χ3n) is 7.08. The summed E-state index contributed by atoms with van der Waals surface area (Å²) in [6, 6.07) is 30.7. The van der Waals surface area contributed by atoms with Crippen LogP contribution < -0.4 is 0 Å². The predicted molar refractivity (Wildman–Crippen MR) is 130 cm³/mol. The zero-order chi connectivity index (χ0) is 20.8. The average molecular weight is 407 g/mol. The molecule has 32 heavy (non-hydrogen) atoms. The van der Waals surface area contributed by atoms with E-state index in [0.717, 1.165) is 23.4 Å². The highest BCUT2D eigenvalue weighted by atomic mass is 14.9. The Balaban J connectivity index is 1.46. The van der Waals surface area contributed by atoms with Crippen molar-refractivity contribution in [2.45, 2.75) is 6.42 Å². The van der Waals surface area contributed by atoms with E-state index >= 15 is 0 Å². The third kappa shape index (κ3) is 1.92. The molecule has 0 saturated heterocycles. The van der Waals surface area contributed by atoms with Crippen molar-refractivity contribution in [2.75, 3.05) is 0 Å². The first-order valence-corrected chi connectivity index (χ1v) is 11.0. The van der Waals surface area contributed by atoms with Crippen molar-refractivity contribution >= 4 is 38.1 Å². The number of rotatable bonds is 1. The molecule has 3 aromatic heterocycles. The maximum atomic E-state index is 4.76. The molecule has 0 spiro atoms. The minimum absolute atomic E-state index is 0.885. The first-order chi connectivity index (χ1) is 15.9. The first-order valence-electron chi connectivity index (χ1n) is 11.0. The van der Waals surface area contributed by atoms with Crippen LogP contribution in [0.4, 0.5) is 0 Å². The molecule has 0 atom stereocenters. The van der Waals surface area contributed by atoms with E-state index < -0.39 is 0 Å². The molecule has 0 bridgehead atoms. The van der Waals surface area contributed by atoms with Crippen LogP contribution in [0.3, 0.4) is 0 Å². The number of aromatic nitrogens is 3. The van der Waals surface area contributed by atoms with Gasteiger partial charge in [-0.15, -0.1) is 0 Å². The lowest BCUT2D eigenvalue weighted by Crippen LogP contribution is -1.94. The van der Waals surface area contributed by atoms with Crippen LogP contribution >= 0.6 is 0 Å². The van der Waals surface area contributed by atoms with Crippen LogP contribution in [0.5, 0.6) is 0 Å². The summed E-state index contributed by atoms with van der Waals surface area (Å²) < 4.78 is 2.43. The van der Waals surface area contributed by atoms with Gasteiger partial charge in [-0.3, -0.25) is 0 Å². The zero-order valence-corrected chi connectivity index (χ0v) is 17.2. The topological polar surface area (TPSA) is 30.2 Å². The second kappa shape index (κ2) is 5.71. The standard InChI is InChI=1S/C29H17N3/c1-2-7-19-17(6-1)14-24-27(30-16-31-28(19)24)18-12-13-21-23-10-5-9-22-20-8-3-4-11-25(20)32(29(22)23)26(21)15-18/h1-13,15-16H,14H2. The van der Waals surface area contributed by atoms with Gasteiger partial charge in [-0.25, -0.2) is 9.97 Å². The summed E-state index contributed by atoms with van der Waals surface area (Å²) in [6.45, 7) is 0. The minimum atomic E-state index is 0.885. The average Bonchev–Trinajstić information content (AvgIpc) is 3.50. The molecule has 0 unspecified atom stereocenters. The van der Waals surface area contributed by atoms with E-state index in [4.69, 9.17) is 4.98 Å². The fraction of sp³-hybridized carbons (Fsp3) is 0.0345. The molecule has 0 radical (unpaired) electrons. The van der Waals surface area contributed by atoms with E-state index in [1.165, 1.54) is 54.8 Å². The summed E-state index contributed by atoms with van der Waals surface area (Å²) in [5, 5.41) is 5.21. The number of nitrogens with zero attached hydrogens (tertiary/aromatic N) is 3. The van der Waals surface area contributed by atoms with Crippen molar-refractivity contribution in [3.8, 4) is 22.5 Å². The van der Waals surface area contributed by atoms with E-state index in [-0.39, 0.29) is 0 Å². The largest absolute Gasteiger partial charge is 0.308 e. The van der Waals surface area contributed by atoms with Crippen molar-refractivity contribution in [3.05, 3.63) is 102 Å². The molecule has 8 rings (SSSR count). The van der Waals surface area contributed by atoms with Crippen molar-refractivity contribution in [2.24, 2.45) is 0 Å². The second-order valence-electron chi connectivity index (χ2n) is 8.67. The van der Waals surface area contributed by atoms with Gasteiger partial charge in [0, 0.05) is 44.7 Å². The van der Waals surface area contributed by atoms with E-state index in [2.05, 4.69) is 94.3 Å². The smallest absolute Gasteiger partial charge is 0.116 e. The number of benzene rings is 4. The minimum Gasteiger partial charge on any atom is -0.308 e. The van der Waals surface area contributed by atoms with Gasteiger partial charge in [0.1, 0.15) is 6.33 Å². The molecular formula is C29H17N3. The number of para-hydroxylation sites is 2. The van der Waals surface area contributed by atoms with Crippen molar-refractivity contribution in [1.82, 2.24) is 14.4 Å². The van der Waals surface area contributed by atoms with Gasteiger partial charge >= 0.3 is 0 Å². The van der Waals surface area contributed by atoms with Crippen LogP contribution in [-0.4, -0.2) is 14.4 Å². The Kier molecular flexibility index (Phi) is 2.94. The maximum Gasteiger partial charge on any atom is 0.116 e. The van der Waals surface area contributed by atoms with Crippen molar-refractivity contribution < 1.29 is 0 Å². The van der Waals surface area contributed by atoms with Crippen LogP contribution in [0, 0.1) is 0 Å². The van der Waals surface area contributed by atoms with Gasteiger partial charge in [-0.2, -0.15) is 0 Å². The Labute approximate surface area is 183 Å². The van der Waals surface area contributed by atoms with Gasteiger partial charge in [0.25, 0.3) is 0 Å². The monoisotopic (exact) mass is 407 g/mol. The van der Waals surface area contributed by atoms with E-state index in [1.807, 2.05) is 0 Å². The lowest BCUT2D eigenvalue weighted by atomic mass is 10.0. The Hall–Kier alpha value is -4.24. The maximum absolute atomic E-state index is 4.76. The fourth-order valence-electron chi connectivity index (χ4n) is 5.73. The van der Waals surface area contributed by atoms with Crippen LogP contribution in [-0.2, 0) is 6.42 Å². The third-order valence-corrected chi connectivity index (χ3v) is 7.08. The van der Waals surface area contributed by atoms with Crippen LogP contribution in [0.25, 0.3) is 60.6 Å². The van der Waals surface area contributed by atoms with Crippen LogP contribution in [0.2, 0.25) is 0 Å². The molecule has 0 fully saturated rings. The summed E-state index contributed by atoms with van der Waals surface area (Å²) in [7, 11) is 0. The molecule has 148 valence electrons. The zero-order valence-electron chi connectivity index (χ0n) is 17.2. The second-order valence-corrected chi connectivity index (χ2v) is 8.67. The number of fused-ring (bicyclic) bond motifs is 9. The highest BCUT2D eigenvalue weighted by Crippen LogP contribution is 2.42. The Bertz CT molecular complexity index is 1860. The van der Waals surface area contributed by atoms with E-state index in [0.29, 0.717) is 0 Å². The molecule has 3 nitrogen and oxygen atoms in total. The Morgan fingerprint density at radius 1 is 0.625 bits per heavy atom. The molecule has 0 aliphatic heterocycles. The SMILES string of the molecule is c1ccc2c(c1)Cc1c(-c3ccc4c5cccc6c7ccccc7n(c4c3)c65)ncnc1-2. The normalized spacial score (nSPS) is 12.9. The van der Waals surface area contributed by atoms with E-state index in [9.17, 15) is 0 Å². The summed E-state index contributed by atoms with van der Waals surface area (Å²) >= 11 is 0. The summed E-state index contributed by atoms with van der Waals surface area (Å²) in [5.41, 5.74) is 10.8. The molecule has 0 N–H and O–H groups in total. The van der Waals surface area contributed by atoms with Crippen LogP contribution in [0.15, 0.2) is 91.3 Å². The fourth-order valence-corrected chi connectivity index (χ4v) is 5.73. The molecule has 3 heteroatoms. The molecule has 0 saturated carbocycles. The van der Waals surface area contributed by atoms with Gasteiger partial charge < -0.3 is 4.40 Å². The summed E-state index contributed by atoms with van der Waals surface area (Å²) in [6.07, 6.45) is 2.59. The highest BCUT2D eigenvalue weighted by molar-refractivity contribution is 6.23. The molecule has 0 amide bonds. The summed E-state index contributed by atoms with van der Waals surface area (Å²) in [5.74, 6) is 0. The molecule has 7 aromatic rings. The number of hydrogen-bond acceptors (Lipinski definition) is 2. The molecular weight excluding hydrogens is 390 g/mol. The number of hydrogen-bond donors (Lipinski definition) is 0.